The predicted octanol–water partition coefficient (Wildman–Crippen LogP) is 2.02. The van der Waals surface area contributed by atoms with Crippen molar-refractivity contribution in [2.45, 2.75) is 58.9 Å². The lowest BCUT2D eigenvalue weighted by Gasteiger charge is -2.23. The minimum atomic E-state index is -0.236. The van der Waals surface area contributed by atoms with Crippen LogP contribution in [0.25, 0.3) is 0 Å². The summed E-state index contributed by atoms with van der Waals surface area (Å²) in [6.45, 7) is 12.0. The van der Waals surface area contributed by atoms with E-state index in [9.17, 15) is 4.79 Å². The maximum Gasteiger partial charge on any atom is 0.291 e. The first-order valence-electron chi connectivity index (χ1n) is 5.91. The molecule has 5 nitrogen and oxygen atoms in total. The Labute approximate surface area is 102 Å². The summed E-state index contributed by atoms with van der Waals surface area (Å²) < 4.78 is 0. The Hall–Kier alpha value is -1.39. The number of carbonyl (C=O) groups is 1. The molecule has 0 fully saturated rings. The molecule has 1 aromatic rings. The standard InChI is InChI=1S/C12H22N4O/c1-7-12(5,6)14-9(17)8-13-10(16-15-8)11(2,3)4/h7H2,1-6H3,(H,14,17)(H,13,15,16). The van der Waals surface area contributed by atoms with E-state index in [4.69, 9.17) is 0 Å². The van der Waals surface area contributed by atoms with Crippen molar-refractivity contribution in [2.75, 3.05) is 0 Å². The normalized spacial score (nSPS) is 12.6. The van der Waals surface area contributed by atoms with Crippen molar-refractivity contribution < 1.29 is 4.79 Å². The zero-order valence-electron chi connectivity index (χ0n) is 11.5. The maximum atomic E-state index is 11.9. The molecule has 0 spiro atoms. The summed E-state index contributed by atoms with van der Waals surface area (Å²) in [4.78, 5) is 16.1. The molecular weight excluding hydrogens is 216 g/mol. The number of rotatable bonds is 3. The SMILES string of the molecule is CCC(C)(C)NC(=O)c1n[nH]c(C(C)(C)C)n1. The molecule has 1 heterocycles. The number of aromatic nitrogens is 3. The van der Waals surface area contributed by atoms with E-state index in [1.165, 1.54) is 0 Å². The molecule has 0 saturated carbocycles. The van der Waals surface area contributed by atoms with E-state index in [-0.39, 0.29) is 22.7 Å². The summed E-state index contributed by atoms with van der Waals surface area (Å²) >= 11 is 0. The Kier molecular flexibility index (Phi) is 3.59. The smallest absolute Gasteiger partial charge is 0.291 e. The molecule has 2 N–H and O–H groups in total. The first-order valence-corrected chi connectivity index (χ1v) is 5.91. The average Bonchev–Trinajstić information content (AvgIpc) is 2.65. The Morgan fingerprint density at radius 1 is 1.29 bits per heavy atom. The second kappa shape index (κ2) is 4.47. The molecule has 1 aromatic heterocycles. The summed E-state index contributed by atoms with van der Waals surface area (Å²) in [7, 11) is 0. The number of carbonyl (C=O) groups excluding carboxylic acids is 1. The van der Waals surface area contributed by atoms with Gasteiger partial charge in [0.15, 0.2) is 0 Å². The van der Waals surface area contributed by atoms with Crippen molar-refractivity contribution >= 4 is 5.91 Å². The van der Waals surface area contributed by atoms with Gasteiger partial charge in [-0.3, -0.25) is 9.89 Å². The van der Waals surface area contributed by atoms with Crippen LogP contribution in [0.4, 0.5) is 0 Å². The molecule has 0 bridgehead atoms. The average molecular weight is 238 g/mol. The van der Waals surface area contributed by atoms with Gasteiger partial charge in [-0.25, -0.2) is 4.98 Å². The molecule has 0 aliphatic heterocycles. The molecule has 17 heavy (non-hydrogen) atoms. The molecule has 0 saturated heterocycles. The van der Waals surface area contributed by atoms with Crippen molar-refractivity contribution in [3.05, 3.63) is 11.6 Å². The molecule has 0 aromatic carbocycles. The number of nitrogens with one attached hydrogen (secondary N) is 2. The second-order valence-electron chi connectivity index (χ2n) is 5.95. The first-order chi connectivity index (χ1) is 7.65. The Morgan fingerprint density at radius 3 is 2.29 bits per heavy atom. The maximum absolute atomic E-state index is 11.9. The third-order valence-corrected chi connectivity index (χ3v) is 2.73. The summed E-state index contributed by atoms with van der Waals surface area (Å²) in [6, 6.07) is 0. The van der Waals surface area contributed by atoms with Crippen LogP contribution in [0.3, 0.4) is 0 Å². The lowest BCUT2D eigenvalue weighted by molar-refractivity contribution is 0.0901. The number of H-pyrrole nitrogens is 1. The van der Waals surface area contributed by atoms with E-state index in [0.717, 1.165) is 12.2 Å². The van der Waals surface area contributed by atoms with Crippen LogP contribution in [0.15, 0.2) is 0 Å². The monoisotopic (exact) mass is 238 g/mol. The number of nitrogens with zero attached hydrogens (tertiary/aromatic N) is 2. The zero-order valence-corrected chi connectivity index (χ0v) is 11.5. The third kappa shape index (κ3) is 3.54. The van der Waals surface area contributed by atoms with Crippen LogP contribution >= 0.6 is 0 Å². The van der Waals surface area contributed by atoms with Gasteiger partial charge in [0.25, 0.3) is 5.91 Å². The molecule has 0 aliphatic carbocycles. The minimum absolute atomic E-state index is 0.133. The van der Waals surface area contributed by atoms with E-state index in [0.29, 0.717) is 0 Å². The van der Waals surface area contributed by atoms with Gasteiger partial charge in [-0.15, -0.1) is 5.10 Å². The van der Waals surface area contributed by atoms with Gasteiger partial charge in [-0.1, -0.05) is 27.7 Å². The van der Waals surface area contributed by atoms with Crippen molar-refractivity contribution in [2.24, 2.45) is 0 Å². The van der Waals surface area contributed by atoms with Crippen molar-refractivity contribution in [1.82, 2.24) is 20.5 Å². The highest BCUT2D eigenvalue weighted by atomic mass is 16.2. The van der Waals surface area contributed by atoms with Crippen LogP contribution in [0.2, 0.25) is 0 Å². The molecule has 0 atom stereocenters. The summed E-state index contributed by atoms with van der Waals surface area (Å²) in [5, 5.41) is 9.66. The second-order valence-corrected chi connectivity index (χ2v) is 5.95. The quantitative estimate of drug-likeness (QED) is 0.846. The van der Waals surface area contributed by atoms with E-state index in [2.05, 4.69) is 20.5 Å². The molecule has 1 amide bonds. The largest absolute Gasteiger partial charge is 0.344 e. The molecule has 0 unspecified atom stereocenters. The fourth-order valence-electron chi connectivity index (χ4n) is 1.15. The fraction of sp³-hybridized carbons (Fsp3) is 0.750. The molecule has 0 aliphatic rings. The summed E-state index contributed by atoms with van der Waals surface area (Å²) in [5.41, 5.74) is -0.370. The van der Waals surface area contributed by atoms with E-state index in [1.54, 1.807) is 0 Å². The number of hydrogen-bond donors (Lipinski definition) is 2. The van der Waals surface area contributed by atoms with Crippen molar-refractivity contribution in [1.29, 1.82) is 0 Å². The lowest BCUT2D eigenvalue weighted by Crippen LogP contribution is -2.43. The van der Waals surface area contributed by atoms with Gasteiger partial charge in [0.1, 0.15) is 5.82 Å². The van der Waals surface area contributed by atoms with E-state index >= 15 is 0 Å². The first kappa shape index (κ1) is 13.7. The molecule has 96 valence electrons. The van der Waals surface area contributed by atoms with Gasteiger partial charge in [-0.05, 0) is 20.3 Å². The molecule has 5 heteroatoms. The number of amides is 1. The van der Waals surface area contributed by atoms with Gasteiger partial charge in [0, 0.05) is 11.0 Å². The van der Waals surface area contributed by atoms with Crippen LogP contribution in [-0.4, -0.2) is 26.6 Å². The number of aromatic amines is 1. The van der Waals surface area contributed by atoms with Crippen LogP contribution in [0, 0.1) is 0 Å². The topological polar surface area (TPSA) is 70.7 Å². The Morgan fingerprint density at radius 2 is 1.88 bits per heavy atom. The van der Waals surface area contributed by atoms with Gasteiger partial charge in [-0.2, -0.15) is 0 Å². The van der Waals surface area contributed by atoms with Crippen LogP contribution < -0.4 is 5.32 Å². The number of hydrogen-bond acceptors (Lipinski definition) is 3. The van der Waals surface area contributed by atoms with Crippen molar-refractivity contribution in [3.8, 4) is 0 Å². The van der Waals surface area contributed by atoms with E-state index < -0.39 is 0 Å². The molecular formula is C12H22N4O. The minimum Gasteiger partial charge on any atom is -0.344 e. The van der Waals surface area contributed by atoms with Gasteiger partial charge in [0.2, 0.25) is 5.82 Å². The zero-order chi connectivity index (χ0) is 13.3. The van der Waals surface area contributed by atoms with E-state index in [1.807, 2.05) is 41.5 Å². The predicted molar refractivity (Wildman–Crippen MR) is 66.9 cm³/mol. The Balaban J connectivity index is 2.81. The highest BCUT2D eigenvalue weighted by Gasteiger charge is 2.24. The Bertz CT molecular complexity index is 401. The van der Waals surface area contributed by atoms with Gasteiger partial charge < -0.3 is 5.32 Å². The summed E-state index contributed by atoms with van der Waals surface area (Å²) in [5.74, 6) is 0.692. The van der Waals surface area contributed by atoms with Crippen LogP contribution in [0.5, 0.6) is 0 Å². The summed E-state index contributed by atoms with van der Waals surface area (Å²) in [6.07, 6.45) is 0.856. The van der Waals surface area contributed by atoms with Crippen LogP contribution in [0.1, 0.15) is 64.4 Å². The highest BCUT2D eigenvalue weighted by Crippen LogP contribution is 2.17. The van der Waals surface area contributed by atoms with Gasteiger partial charge >= 0.3 is 0 Å². The highest BCUT2D eigenvalue weighted by molar-refractivity contribution is 5.90. The third-order valence-electron chi connectivity index (χ3n) is 2.73. The lowest BCUT2D eigenvalue weighted by atomic mass is 9.96. The van der Waals surface area contributed by atoms with Crippen LogP contribution in [-0.2, 0) is 5.41 Å². The molecule has 0 radical (unpaired) electrons. The fourth-order valence-corrected chi connectivity index (χ4v) is 1.15. The van der Waals surface area contributed by atoms with Gasteiger partial charge in [0.05, 0.1) is 0 Å². The molecule has 1 rings (SSSR count). The van der Waals surface area contributed by atoms with Crippen molar-refractivity contribution in [3.63, 3.8) is 0 Å².